The maximum Gasteiger partial charge on any atom is 0.311 e. The van der Waals surface area contributed by atoms with Gasteiger partial charge in [-0.05, 0) is 6.07 Å². The molecule has 1 aliphatic rings. The molecule has 0 radical (unpaired) electrons. The molecule has 1 aromatic rings. The van der Waals surface area contributed by atoms with Crippen LogP contribution in [0.3, 0.4) is 0 Å². The van der Waals surface area contributed by atoms with E-state index in [0.717, 1.165) is 4.90 Å². The van der Waals surface area contributed by atoms with E-state index < -0.39 is 11.0 Å². The number of nitrogen functional groups attached to an aromatic ring is 1. The lowest BCUT2D eigenvalue weighted by Gasteiger charge is -2.11. The number of nitro groups is 1. The number of hydrogen-bond donors (Lipinski definition) is 2. The van der Waals surface area contributed by atoms with Gasteiger partial charge in [0.15, 0.2) is 0 Å². The van der Waals surface area contributed by atoms with Crippen molar-refractivity contribution in [3.05, 3.63) is 22.2 Å². The largest absolute Gasteiger partial charge is 0.378 e. The molecule has 1 unspecified atom stereocenters. The van der Waals surface area contributed by atoms with Crippen LogP contribution in [0.4, 0.5) is 17.3 Å². The Morgan fingerprint density at radius 2 is 2.21 bits per heavy atom. The van der Waals surface area contributed by atoms with E-state index >= 15 is 0 Å². The molecule has 3 N–H and O–H groups in total. The molecule has 0 aliphatic carbocycles. The van der Waals surface area contributed by atoms with Crippen LogP contribution in [0, 0.1) is 10.1 Å². The second-order valence-electron chi connectivity index (χ2n) is 4.05. The maximum atomic E-state index is 11.7. The van der Waals surface area contributed by atoms with Crippen molar-refractivity contribution in [2.24, 2.45) is 0 Å². The minimum absolute atomic E-state index is 0.0217. The standard InChI is InChI=1S/C10H11N5O4/c1-14-8(16)4-5(10(14)17)12-7-3-2-6(15(18)19)9(11)13-7/h2-3,5H,4H2,1H3,(H3,11,12,13). The summed E-state index contributed by atoms with van der Waals surface area (Å²) in [5.74, 6) is -0.703. The summed E-state index contributed by atoms with van der Waals surface area (Å²) in [6, 6.07) is 1.81. The lowest BCUT2D eigenvalue weighted by molar-refractivity contribution is -0.384. The molecule has 9 nitrogen and oxygen atoms in total. The van der Waals surface area contributed by atoms with Gasteiger partial charge in [-0.15, -0.1) is 0 Å². The molecule has 0 spiro atoms. The highest BCUT2D eigenvalue weighted by Crippen LogP contribution is 2.22. The van der Waals surface area contributed by atoms with Gasteiger partial charge in [0.2, 0.25) is 11.7 Å². The normalized spacial score (nSPS) is 18.8. The zero-order valence-electron chi connectivity index (χ0n) is 9.99. The molecule has 19 heavy (non-hydrogen) atoms. The molecule has 1 fully saturated rings. The Kier molecular flexibility index (Phi) is 3.03. The number of anilines is 2. The Labute approximate surface area is 107 Å². The van der Waals surface area contributed by atoms with Gasteiger partial charge >= 0.3 is 5.69 Å². The number of carbonyl (C=O) groups is 2. The summed E-state index contributed by atoms with van der Waals surface area (Å²) in [7, 11) is 1.39. The Morgan fingerprint density at radius 1 is 1.53 bits per heavy atom. The van der Waals surface area contributed by atoms with Crippen LogP contribution >= 0.6 is 0 Å². The minimum Gasteiger partial charge on any atom is -0.378 e. The van der Waals surface area contributed by atoms with Crippen LogP contribution in [0.25, 0.3) is 0 Å². The number of hydrogen-bond acceptors (Lipinski definition) is 7. The number of likely N-dealkylation sites (N-methyl/N-ethyl adjacent to an activating group) is 1. The van der Waals surface area contributed by atoms with Crippen molar-refractivity contribution >= 4 is 29.1 Å². The Morgan fingerprint density at radius 3 is 2.68 bits per heavy atom. The first-order valence-corrected chi connectivity index (χ1v) is 5.38. The first-order valence-electron chi connectivity index (χ1n) is 5.38. The van der Waals surface area contributed by atoms with Gasteiger partial charge in [0.1, 0.15) is 11.9 Å². The summed E-state index contributed by atoms with van der Waals surface area (Å²) in [4.78, 5) is 37.7. The van der Waals surface area contributed by atoms with Crippen LogP contribution in [0.5, 0.6) is 0 Å². The molecule has 1 saturated heterocycles. The molecule has 2 rings (SSSR count). The average Bonchev–Trinajstić information content (AvgIpc) is 2.57. The van der Waals surface area contributed by atoms with E-state index in [1.165, 1.54) is 19.2 Å². The summed E-state index contributed by atoms with van der Waals surface area (Å²) in [5.41, 5.74) is 5.12. The summed E-state index contributed by atoms with van der Waals surface area (Å²) < 4.78 is 0. The quantitative estimate of drug-likeness (QED) is 0.437. The van der Waals surface area contributed by atoms with E-state index in [1.54, 1.807) is 0 Å². The average molecular weight is 265 g/mol. The van der Waals surface area contributed by atoms with Gasteiger partial charge in [0, 0.05) is 13.1 Å². The van der Waals surface area contributed by atoms with E-state index in [4.69, 9.17) is 5.73 Å². The van der Waals surface area contributed by atoms with Gasteiger partial charge in [0.05, 0.1) is 11.3 Å². The van der Waals surface area contributed by atoms with Gasteiger partial charge in [-0.25, -0.2) is 4.98 Å². The number of nitrogens with one attached hydrogen (secondary N) is 1. The molecule has 1 atom stereocenters. The van der Waals surface area contributed by atoms with E-state index in [2.05, 4.69) is 10.3 Å². The molecule has 0 saturated carbocycles. The molecule has 9 heteroatoms. The summed E-state index contributed by atoms with van der Waals surface area (Å²) >= 11 is 0. The molecular weight excluding hydrogens is 254 g/mol. The Hall–Kier alpha value is -2.71. The van der Waals surface area contributed by atoms with Crippen LogP contribution in [0.15, 0.2) is 12.1 Å². The number of amides is 2. The minimum atomic E-state index is -0.717. The smallest absolute Gasteiger partial charge is 0.311 e. The van der Waals surface area contributed by atoms with Crippen LogP contribution in [0.2, 0.25) is 0 Å². The third-order valence-electron chi connectivity index (χ3n) is 2.80. The maximum absolute atomic E-state index is 11.7. The Bertz CT molecular complexity index is 573. The topological polar surface area (TPSA) is 131 Å². The number of nitrogens with two attached hydrogens (primary N) is 1. The van der Waals surface area contributed by atoms with Crippen LogP contribution in [-0.4, -0.2) is 39.7 Å². The molecule has 0 bridgehead atoms. The number of pyridine rings is 1. The second-order valence-corrected chi connectivity index (χ2v) is 4.05. The van der Waals surface area contributed by atoms with Crippen molar-refractivity contribution in [1.82, 2.24) is 9.88 Å². The summed E-state index contributed by atoms with van der Waals surface area (Å²) in [6.45, 7) is 0. The van der Waals surface area contributed by atoms with Crippen LogP contribution in [-0.2, 0) is 9.59 Å². The first-order chi connectivity index (χ1) is 8.90. The molecular formula is C10H11N5O4. The fraction of sp³-hybridized carbons (Fsp3) is 0.300. The Balaban J connectivity index is 2.17. The molecule has 2 amide bonds. The van der Waals surface area contributed by atoms with Crippen molar-refractivity contribution in [3.8, 4) is 0 Å². The predicted molar refractivity (Wildman–Crippen MR) is 65.1 cm³/mol. The number of imide groups is 1. The summed E-state index contributed by atoms with van der Waals surface area (Å²) in [6.07, 6.45) is 0.0217. The van der Waals surface area contributed by atoms with Crippen molar-refractivity contribution < 1.29 is 14.5 Å². The fourth-order valence-corrected chi connectivity index (χ4v) is 1.75. The first kappa shape index (κ1) is 12.7. The number of nitrogens with zero attached hydrogens (tertiary/aromatic N) is 3. The zero-order valence-corrected chi connectivity index (χ0v) is 9.99. The lowest BCUT2D eigenvalue weighted by atomic mass is 10.2. The lowest BCUT2D eigenvalue weighted by Crippen LogP contribution is -2.32. The third kappa shape index (κ3) is 2.30. The van der Waals surface area contributed by atoms with Gasteiger partial charge in [0.25, 0.3) is 5.91 Å². The third-order valence-corrected chi connectivity index (χ3v) is 2.80. The monoisotopic (exact) mass is 265 g/mol. The number of rotatable bonds is 3. The van der Waals surface area contributed by atoms with E-state index in [0.29, 0.717) is 0 Å². The SMILES string of the molecule is CN1C(=O)CC(Nc2ccc([N+](=O)[O-])c(N)n2)C1=O. The number of likely N-dealkylation sites (tertiary alicyclic amines) is 1. The summed E-state index contributed by atoms with van der Waals surface area (Å²) in [5, 5.41) is 13.3. The highest BCUT2D eigenvalue weighted by Gasteiger charge is 2.36. The molecule has 1 aliphatic heterocycles. The van der Waals surface area contributed by atoms with Gasteiger partial charge in [-0.2, -0.15) is 0 Å². The van der Waals surface area contributed by atoms with Crippen LogP contribution in [0.1, 0.15) is 6.42 Å². The van der Waals surface area contributed by atoms with Crippen LogP contribution < -0.4 is 11.1 Å². The van der Waals surface area contributed by atoms with Crippen molar-refractivity contribution in [1.29, 1.82) is 0 Å². The second kappa shape index (κ2) is 4.52. The fourth-order valence-electron chi connectivity index (χ4n) is 1.75. The van der Waals surface area contributed by atoms with E-state index in [9.17, 15) is 19.7 Å². The van der Waals surface area contributed by atoms with Crippen molar-refractivity contribution in [3.63, 3.8) is 0 Å². The highest BCUT2D eigenvalue weighted by atomic mass is 16.6. The van der Waals surface area contributed by atoms with Crippen molar-refractivity contribution in [2.75, 3.05) is 18.1 Å². The van der Waals surface area contributed by atoms with Gasteiger partial charge < -0.3 is 11.1 Å². The van der Waals surface area contributed by atoms with E-state index in [-0.39, 0.29) is 35.6 Å². The molecule has 2 heterocycles. The number of aromatic nitrogens is 1. The predicted octanol–water partition coefficient (Wildman–Crippen LogP) is -0.259. The molecule has 0 aromatic carbocycles. The van der Waals surface area contributed by atoms with Gasteiger partial charge in [-0.3, -0.25) is 24.6 Å². The van der Waals surface area contributed by atoms with Crippen molar-refractivity contribution in [2.45, 2.75) is 12.5 Å². The zero-order chi connectivity index (χ0) is 14.2. The van der Waals surface area contributed by atoms with Gasteiger partial charge in [-0.1, -0.05) is 0 Å². The molecule has 100 valence electrons. The molecule has 1 aromatic heterocycles. The number of carbonyl (C=O) groups excluding carboxylic acids is 2. The highest BCUT2D eigenvalue weighted by molar-refractivity contribution is 6.06. The van der Waals surface area contributed by atoms with E-state index in [1.807, 2.05) is 0 Å².